The van der Waals surface area contributed by atoms with E-state index < -0.39 is 33.3 Å². The van der Waals surface area contributed by atoms with E-state index in [1.54, 1.807) is 20.7 Å². The molecule has 0 N–H and O–H groups in total. The topological polar surface area (TPSA) is 18.5 Å². The molecule has 0 spiro atoms. The first kappa shape index (κ1) is 16.9. The summed E-state index contributed by atoms with van der Waals surface area (Å²) in [5, 5.41) is 9.34. The molecule has 0 atom stereocenters. The van der Waals surface area contributed by atoms with E-state index in [2.05, 4.69) is 76.6 Å². The molecule has 0 aromatic heterocycles. The van der Waals surface area contributed by atoms with E-state index in [-0.39, 0.29) is 0 Å². The zero-order chi connectivity index (χ0) is 17.7. The van der Waals surface area contributed by atoms with Gasteiger partial charge in [-0.05, 0) is 83.9 Å². The number of benzene rings is 2. The quantitative estimate of drug-likeness (QED) is 0.646. The molecule has 0 bridgehead atoms. The van der Waals surface area contributed by atoms with Crippen molar-refractivity contribution in [1.82, 2.24) is 0 Å². The second kappa shape index (κ2) is 4.60. The molecule has 0 aliphatic carbocycles. The SMILES string of the molecule is C[Si]1(C)O[Si](C)(C)c2c1c1c(c3ccccc23)[Si](C)(C)O[Si]1(C)C. The van der Waals surface area contributed by atoms with Crippen molar-refractivity contribution < 1.29 is 8.23 Å². The van der Waals surface area contributed by atoms with Crippen LogP contribution in [0, 0.1) is 0 Å². The Kier molecular flexibility index (Phi) is 3.25. The normalized spacial score (nSPS) is 24.8. The number of hydrogen-bond acceptors (Lipinski definition) is 2. The van der Waals surface area contributed by atoms with E-state index in [1.165, 1.54) is 10.8 Å². The van der Waals surface area contributed by atoms with E-state index in [9.17, 15) is 0 Å². The van der Waals surface area contributed by atoms with Crippen molar-refractivity contribution in [2.24, 2.45) is 0 Å². The lowest BCUT2D eigenvalue weighted by Crippen LogP contribution is -2.64. The van der Waals surface area contributed by atoms with Gasteiger partial charge in [-0.1, -0.05) is 24.3 Å². The molecule has 2 aliphatic heterocycles. The third-order valence-electron chi connectivity index (χ3n) is 5.64. The monoisotopic (exact) mass is 388 g/mol. The van der Waals surface area contributed by atoms with Crippen molar-refractivity contribution in [2.75, 3.05) is 0 Å². The Morgan fingerprint density at radius 3 is 1.12 bits per heavy atom. The Morgan fingerprint density at radius 1 is 0.500 bits per heavy atom. The third kappa shape index (κ3) is 2.04. The van der Waals surface area contributed by atoms with Crippen LogP contribution < -0.4 is 20.7 Å². The average Bonchev–Trinajstić information content (AvgIpc) is 2.73. The third-order valence-corrected chi connectivity index (χ3v) is 21.4. The zero-order valence-electron chi connectivity index (χ0n) is 16.1. The molecule has 2 aromatic rings. The molecule has 0 unspecified atom stereocenters. The van der Waals surface area contributed by atoms with Crippen LogP contribution >= 0.6 is 0 Å². The van der Waals surface area contributed by atoms with Crippen LogP contribution in [-0.4, -0.2) is 33.3 Å². The van der Waals surface area contributed by atoms with E-state index in [0.29, 0.717) is 0 Å². The summed E-state index contributed by atoms with van der Waals surface area (Å²) in [6.07, 6.45) is 0. The van der Waals surface area contributed by atoms with Crippen LogP contribution in [0.25, 0.3) is 10.8 Å². The highest BCUT2D eigenvalue weighted by molar-refractivity contribution is 7.15. The van der Waals surface area contributed by atoms with Gasteiger partial charge in [-0.2, -0.15) is 0 Å². The molecule has 4 rings (SSSR count). The Morgan fingerprint density at radius 2 is 0.792 bits per heavy atom. The summed E-state index contributed by atoms with van der Waals surface area (Å²) in [4.78, 5) is 0. The number of fused-ring (bicyclic) bond motifs is 6. The minimum atomic E-state index is -1.88. The van der Waals surface area contributed by atoms with Gasteiger partial charge in [0.2, 0.25) is 33.3 Å². The van der Waals surface area contributed by atoms with E-state index in [1.807, 2.05) is 0 Å². The van der Waals surface area contributed by atoms with Crippen LogP contribution in [0.4, 0.5) is 0 Å². The second-order valence-electron chi connectivity index (χ2n) is 9.29. The highest BCUT2D eigenvalue weighted by atomic mass is 28.4. The van der Waals surface area contributed by atoms with Gasteiger partial charge in [0, 0.05) is 0 Å². The predicted molar refractivity (Wildman–Crippen MR) is 115 cm³/mol. The average molecular weight is 389 g/mol. The van der Waals surface area contributed by atoms with Crippen molar-refractivity contribution in [1.29, 1.82) is 0 Å². The van der Waals surface area contributed by atoms with Crippen molar-refractivity contribution in [3.05, 3.63) is 24.3 Å². The van der Waals surface area contributed by atoms with Gasteiger partial charge in [0.15, 0.2) is 0 Å². The maximum atomic E-state index is 6.86. The molecule has 0 saturated carbocycles. The summed E-state index contributed by atoms with van der Waals surface area (Å²) in [7, 11) is -7.50. The Hall–Kier alpha value is -0.512. The lowest BCUT2D eigenvalue weighted by Gasteiger charge is -2.26. The van der Waals surface area contributed by atoms with Crippen LogP contribution in [-0.2, 0) is 8.23 Å². The molecular formula is C18H28O2Si4. The van der Waals surface area contributed by atoms with Crippen LogP contribution in [0.2, 0.25) is 52.4 Å². The fourth-order valence-electron chi connectivity index (χ4n) is 5.37. The van der Waals surface area contributed by atoms with Crippen molar-refractivity contribution in [3.8, 4) is 0 Å². The zero-order valence-corrected chi connectivity index (χ0v) is 20.1. The van der Waals surface area contributed by atoms with Crippen molar-refractivity contribution >= 4 is 64.8 Å². The molecule has 0 amide bonds. The fraction of sp³-hybridized carbons (Fsp3) is 0.444. The summed E-state index contributed by atoms with van der Waals surface area (Å²) in [6, 6.07) is 9.05. The van der Waals surface area contributed by atoms with E-state index in [4.69, 9.17) is 8.23 Å². The van der Waals surface area contributed by atoms with Crippen molar-refractivity contribution in [2.45, 2.75) is 52.4 Å². The number of hydrogen-bond donors (Lipinski definition) is 0. The first-order valence-electron chi connectivity index (χ1n) is 8.89. The van der Waals surface area contributed by atoms with Crippen LogP contribution in [0.3, 0.4) is 0 Å². The summed E-state index contributed by atoms with van der Waals surface area (Å²) < 4.78 is 13.7. The van der Waals surface area contributed by atoms with Gasteiger partial charge in [0.1, 0.15) is 0 Å². The summed E-state index contributed by atoms with van der Waals surface area (Å²) >= 11 is 0. The highest BCUT2D eigenvalue weighted by Gasteiger charge is 2.56. The smallest absolute Gasteiger partial charge is 0.206 e. The predicted octanol–water partition coefficient (Wildman–Crippen LogP) is 2.55. The molecular weight excluding hydrogens is 361 g/mol. The summed E-state index contributed by atoms with van der Waals surface area (Å²) in [6.45, 7) is 19.2. The maximum absolute atomic E-state index is 6.86. The molecule has 0 saturated heterocycles. The Balaban J connectivity index is 2.31. The molecule has 2 heterocycles. The second-order valence-corrected chi connectivity index (χ2v) is 25.0. The lowest BCUT2D eigenvalue weighted by molar-refractivity contribution is 0.580. The van der Waals surface area contributed by atoms with Gasteiger partial charge >= 0.3 is 0 Å². The lowest BCUT2D eigenvalue weighted by atomic mass is 10.1. The van der Waals surface area contributed by atoms with Gasteiger partial charge in [0.05, 0.1) is 0 Å². The Bertz CT molecular complexity index is 812. The molecule has 2 nitrogen and oxygen atoms in total. The highest BCUT2D eigenvalue weighted by Crippen LogP contribution is 2.31. The van der Waals surface area contributed by atoms with Gasteiger partial charge in [-0.3, -0.25) is 0 Å². The van der Waals surface area contributed by atoms with E-state index in [0.717, 1.165) is 0 Å². The first-order chi connectivity index (χ1) is 10.9. The largest absolute Gasteiger partial charge is 0.449 e. The van der Waals surface area contributed by atoms with Crippen LogP contribution in [0.15, 0.2) is 24.3 Å². The van der Waals surface area contributed by atoms with Crippen LogP contribution in [0.5, 0.6) is 0 Å². The van der Waals surface area contributed by atoms with Gasteiger partial charge in [-0.25, -0.2) is 0 Å². The molecule has 24 heavy (non-hydrogen) atoms. The van der Waals surface area contributed by atoms with Gasteiger partial charge < -0.3 is 8.23 Å². The fourth-order valence-corrected chi connectivity index (χ4v) is 29.0. The summed E-state index contributed by atoms with van der Waals surface area (Å²) in [5.74, 6) is 0. The summed E-state index contributed by atoms with van der Waals surface area (Å²) in [5.41, 5.74) is 0. The molecule has 6 heteroatoms. The molecule has 0 radical (unpaired) electrons. The molecule has 2 aromatic carbocycles. The first-order valence-corrected chi connectivity index (χ1v) is 20.5. The standard InChI is InChI=1S/C18H28O2Si4/c1-21(2)15-13-11-9-10-12-14(13)16-18(17(15)23(5,6)19-21)24(7,8)20-22(16,3)4/h9-12H,1-8H3. The van der Waals surface area contributed by atoms with Crippen LogP contribution in [0.1, 0.15) is 0 Å². The molecule has 2 aliphatic rings. The molecule has 128 valence electrons. The van der Waals surface area contributed by atoms with E-state index >= 15 is 0 Å². The minimum Gasteiger partial charge on any atom is -0.449 e. The van der Waals surface area contributed by atoms with Gasteiger partial charge in [-0.15, -0.1) is 0 Å². The van der Waals surface area contributed by atoms with Crippen molar-refractivity contribution in [3.63, 3.8) is 0 Å². The number of rotatable bonds is 0. The Labute approximate surface area is 149 Å². The minimum absolute atomic E-state index is 1.46. The maximum Gasteiger partial charge on any atom is 0.206 e. The molecule has 0 fully saturated rings. The van der Waals surface area contributed by atoms with Gasteiger partial charge in [0.25, 0.3) is 0 Å².